The summed E-state index contributed by atoms with van der Waals surface area (Å²) in [5.41, 5.74) is 3.00. The van der Waals surface area contributed by atoms with E-state index in [1.807, 2.05) is 54.7 Å². The number of benzene rings is 2. The molecule has 2 aromatic carbocycles. The lowest BCUT2D eigenvalue weighted by Crippen LogP contribution is -2.13. The number of aryl methyl sites for hydroxylation is 1. The minimum absolute atomic E-state index is 0.0177. The zero-order valence-electron chi connectivity index (χ0n) is 14.8. The van der Waals surface area contributed by atoms with Gasteiger partial charge in [-0.2, -0.15) is 0 Å². The van der Waals surface area contributed by atoms with Crippen LogP contribution in [0.25, 0.3) is 10.9 Å². The normalized spacial score (nSPS) is 11.2. The van der Waals surface area contributed by atoms with Crippen LogP contribution in [-0.4, -0.2) is 34.4 Å². The minimum Gasteiger partial charge on any atom is -0.347 e. The zero-order chi connectivity index (χ0) is 18.0. The summed E-state index contributed by atoms with van der Waals surface area (Å²) >= 11 is 0. The van der Waals surface area contributed by atoms with Crippen LogP contribution in [-0.2, 0) is 17.4 Å². The van der Waals surface area contributed by atoms with Gasteiger partial charge in [0.15, 0.2) is 11.5 Å². The molecule has 0 unspecified atom stereocenters. The van der Waals surface area contributed by atoms with Crippen LogP contribution in [0.15, 0.2) is 54.7 Å². The Balaban J connectivity index is 2.09. The molecule has 0 aliphatic heterocycles. The topological polar surface area (TPSA) is 39.1 Å². The molecule has 25 heavy (non-hydrogen) atoms. The monoisotopic (exact) mass is 352 g/mol. The third kappa shape index (κ3) is 3.54. The SMILES string of the molecule is CCn1cc(C(=O)C[S+](C)C)c2cc(C(=O)c3ccccc3)ccc21. The Morgan fingerprint density at radius 3 is 2.36 bits per heavy atom. The molecule has 0 saturated carbocycles. The van der Waals surface area contributed by atoms with E-state index in [-0.39, 0.29) is 22.5 Å². The van der Waals surface area contributed by atoms with Gasteiger partial charge in [-0.1, -0.05) is 30.3 Å². The molecule has 0 atom stereocenters. The van der Waals surface area contributed by atoms with Crippen LogP contribution in [0.1, 0.15) is 33.2 Å². The zero-order valence-corrected chi connectivity index (χ0v) is 15.6. The molecule has 128 valence electrons. The lowest BCUT2D eigenvalue weighted by molar-refractivity contribution is 0.101. The van der Waals surface area contributed by atoms with E-state index in [4.69, 9.17) is 0 Å². The first-order chi connectivity index (χ1) is 12.0. The van der Waals surface area contributed by atoms with Gasteiger partial charge in [-0.25, -0.2) is 0 Å². The highest BCUT2D eigenvalue weighted by atomic mass is 32.2. The molecular formula is C21H22NO2S+. The molecule has 0 radical (unpaired) electrons. The summed E-state index contributed by atoms with van der Waals surface area (Å²) in [5.74, 6) is 0.672. The van der Waals surface area contributed by atoms with Crippen molar-refractivity contribution >= 4 is 33.4 Å². The van der Waals surface area contributed by atoms with E-state index >= 15 is 0 Å². The fraction of sp³-hybridized carbons (Fsp3) is 0.238. The average Bonchev–Trinajstić information content (AvgIpc) is 2.99. The Bertz CT molecular complexity index is 926. The van der Waals surface area contributed by atoms with Crippen molar-refractivity contribution in [1.29, 1.82) is 0 Å². The molecule has 3 rings (SSSR count). The molecule has 0 amide bonds. The number of aromatic nitrogens is 1. The third-order valence-corrected chi connectivity index (χ3v) is 5.08. The van der Waals surface area contributed by atoms with Crippen LogP contribution >= 0.6 is 0 Å². The molecule has 0 bridgehead atoms. The fourth-order valence-corrected chi connectivity index (χ4v) is 3.70. The van der Waals surface area contributed by atoms with Gasteiger partial charge in [-0.3, -0.25) is 9.59 Å². The van der Waals surface area contributed by atoms with Crippen molar-refractivity contribution in [2.24, 2.45) is 0 Å². The molecule has 0 aliphatic rings. The van der Waals surface area contributed by atoms with E-state index in [1.165, 1.54) is 0 Å². The van der Waals surface area contributed by atoms with Gasteiger partial charge in [0.1, 0.15) is 0 Å². The van der Waals surface area contributed by atoms with Crippen molar-refractivity contribution in [2.75, 3.05) is 18.3 Å². The molecule has 0 fully saturated rings. The van der Waals surface area contributed by atoms with Crippen LogP contribution < -0.4 is 0 Å². The minimum atomic E-state index is -0.0177. The smallest absolute Gasteiger partial charge is 0.213 e. The predicted molar refractivity (Wildman–Crippen MR) is 106 cm³/mol. The Labute approximate surface area is 151 Å². The van der Waals surface area contributed by atoms with Crippen LogP contribution in [0.4, 0.5) is 0 Å². The summed E-state index contributed by atoms with van der Waals surface area (Å²) in [4.78, 5) is 25.4. The molecule has 1 heterocycles. The van der Waals surface area contributed by atoms with Crippen molar-refractivity contribution in [3.8, 4) is 0 Å². The highest BCUT2D eigenvalue weighted by Crippen LogP contribution is 2.25. The van der Waals surface area contributed by atoms with Crippen LogP contribution in [0, 0.1) is 0 Å². The molecule has 0 N–H and O–H groups in total. The summed E-state index contributed by atoms with van der Waals surface area (Å²) in [6, 6.07) is 14.9. The van der Waals surface area contributed by atoms with Crippen molar-refractivity contribution in [2.45, 2.75) is 13.5 Å². The summed E-state index contributed by atoms with van der Waals surface area (Å²) in [5, 5.41) is 0.874. The molecule has 3 aromatic rings. The molecule has 4 heteroatoms. The fourth-order valence-electron chi connectivity index (χ4n) is 3.02. The van der Waals surface area contributed by atoms with Gasteiger partial charge in [-0.15, -0.1) is 0 Å². The second kappa shape index (κ2) is 7.28. The maximum absolute atomic E-state index is 12.7. The number of rotatable bonds is 6. The molecule has 0 spiro atoms. The maximum Gasteiger partial charge on any atom is 0.213 e. The van der Waals surface area contributed by atoms with Crippen LogP contribution in [0.2, 0.25) is 0 Å². The van der Waals surface area contributed by atoms with E-state index in [1.54, 1.807) is 0 Å². The Kier molecular flexibility index (Phi) is 5.09. The molecule has 3 nitrogen and oxygen atoms in total. The van der Waals surface area contributed by atoms with Crippen molar-refractivity contribution in [3.05, 3.63) is 71.4 Å². The number of nitrogens with zero attached hydrogens (tertiary/aromatic N) is 1. The number of ketones is 2. The lowest BCUT2D eigenvalue weighted by Gasteiger charge is -2.04. The van der Waals surface area contributed by atoms with Gasteiger partial charge in [0, 0.05) is 40.3 Å². The number of hydrogen-bond donors (Lipinski definition) is 0. The number of fused-ring (bicyclic) bond motifs is 1. The summed E-state index contributed by atoms with van der Waals surface area (Å²) in [6.07, 6.45) is 6.07. The third-order valence-electron chi connectivity index (χ3n) is 4.24. The van der Waals surface area contributed by atoms with Gasteiger partial charge >= 0.3 is 0 Å². The largest absolute Gasteiger partial charge is 0.347 e. The number of Topliss-reactive ketones (excluding diaryl/α,β-unsaturated/α-hetero) is 1. The lowest BCUT2D eigenvalue weighted by atomic mass is 10.0. The average molecular weight is 352 g/mol. The van der Waals surface area contributed by atoms with Gasteiger partial charge in [0.05, 0.1) is 12.5 Å². The van der Waals surface area contributed by atoms with E-state index in [0.717, 1.165) is 23.0 Å². The quantitative estimate of drug-likeness (QED) is 0.498. The van der Waals surface area contributed by atoms with Crippen molar-refractivity contribution in [3.63, 3.8) is 0 Å². The van der Waals surface area contributed by atoms with E-state index < -0.39 is 0 Å². The maximum atomic E-state index is 12.7. The predicted octanol–water partition coefficient (Wildman–Crippen LogP) is 3.95. The molecule has 0 saturated heterocycles. The second-order valence-electron chi connectivity index (χ2n) is 6.31. The first-order valence-corrected chi connectivity index (χ1v) is 10.5. The van der Waals surface area contributed by atoms with Crippen molar-refractivity contribution in [1.82, 2.24) is 4.57 Å². The summed E-state index contributed by atoms with van der Waals surface area (Å²) in [6.45, 7) is 2.85. The van der Waals surface area contributed by atoms with Gasteiger partial charge in [-0.05, 0) is 36.0 Å². The molecule has 0 aliphatic carbocycles. The molecular weight excluding hydrogens is 330 g/mol. The first-order valence-electron chi connectivity index (χ1n) is 8.31. The van der Waals surface area contributed by atoms with Crippen LogP contribution in [0.3, 0.4) is 0 Å². The molecule has 1 aromatic heterocycles. The Morgan fingerprint density at radius 2 is 1.72 bits per heavy atom. The highest BCUT2D eigenvalue weighted by Gasteiger charge is 2.20. The van der Waals surface area contributed by atoms with Gasteiger partial charge in [0.25, 0.3) is 0 Å². The second-order valence-corrected chi connectivity index (χ2v) is 8.57. The number of carbonyl (C=O) groups excluding carboxylic acids is 2. The summed E-state index contributed by atoms with van der Waals surface area (Å²) in [7, 11) is 0.0487. The van der Waals surface area contributed by atoms with Crippen LogP contribution in [0.5, 0.6) is 0 Å². The van der Waals surface area contributed by atoms with Crippen molar-refractivity contribution < 1.29 is 9.59 Å². The summed E-state index contributed by atoms with van der Waals surface area (Å²) < 4.78 is 2.07. The van der Waals surface area contributed by atoms with Gasteiger partial charge in [0.2, 0.25) is 5.78 Å². The standard InChI is InChI=1S/C21H22NO2S/c1-4-22-13-18(20(23)14-25(2)3)17-12-16(10-11-19(17)22)21(24)15-8-6-5-7-9-15/h5-13H,4,14H2,1-3H3/q+1. The van der Waals surface area contributed by atoms with E-state index in [9.17, 15) is 9.59 Å². The number of carbonyl (C=O) groups is 2. The Hall–Kier alpha value is -2.33. The Morgan fingerprint density at radius 1 is 1.00 bits per heavy atom. The van der Waals surface area contributed by atoms with E-state index in [0.29, 0.717) is 16.9 Å². The number of hydrogen-bond acceptors (Lipinski definition) is 2. The van der Waals surface area contributed by atoms with E-state index in [2.05, 4.69) is 24.0 Å². The highest BCUT2D eigenvalue weighted by molar-refractivity contribution is 7.96. The van der Waals surface area contributed by atoms with Gasteiger partial charge < -0.3 is 4.57 Å². The first kappa shape index (κ1) is 17.5.